The Morgan fingerprint density at radius 1 is 0.833 bits per heavy atom. The number of rotatable bonds is 0. The molecule has 2 rings (SSSR count). The summed E-state index contributed by atoms with van der Waals surface area (Å²) in [6.45, 7) is 0. The Morgan fingerprint density at radius 2 is 1.28 bits per heavy atom. The first-order valence-electron chi connectivity index (χ1n) is 4.31. The summed E-state index contributed by atoms with van der Waals surface area (Å²) in [6.07, 6.45) is 0. The highest BCUT2D eigenvalue weighted by molar-refractivity contribution is 6.50. The summed E-state index contributed by atoms with van der Waals surface area (Å²) in [5, 5.41) is -2.51. The van der Waals surface area contributed by atoms with E-state index in [1.165, 1.54) is 0 Å². The lowest BCUT2D eigenvalue weighted by atomic mass is 10.1. The molecule has 1 aliphatic rings. The van der Waals surface area contributed by atoms with Gasteiger partial charge in [-0.25, -0.2) is 26.3 Å². The molecule has 0 aromatic heterocycles. The molecule has 0 radical (unpaired) electrons. The van der Waals surface area contributed by atoms with Gasteiger partial charge in [-0.1, -0.05) is 23.2 Å². The van der Waals surface area contributed by atoms with Gasteiger partial charge in [-0.2, -0.15) is 0 Å². The van der Waals surface area contributed by atoms with Crippen molar-refractivity contribution in [3.63, 3.8) is 0 Å². The molecule has 1 aromatic carbocycles. The van der Waals surface area contributed by atoms with Gasteiger partial charge in [0.2, 0.25) is 4.33 Å². The van der Waals surface area contributed by atoms with Crippen LogP contribution < -0.4 is 0 Å². The first kappa shape index (κ1) is 14.1. The zero-order valence-electron chi connectivity index (χ0n) is 7.98. The van der Waals surface area contributed by atoms with Gasteiger partial charge in [-0.3, -0.25) is 0 Å². The SMILES string of the molecule is Fc1c(F)c(F)c2c(c1F)C(Cl)C(F)(F)C2(Cl)Cl. The lowest BCUT2D eigenvalue weighted by Crippen LogP contribution is -2.33. The summed E-state index contributed by atoms with van der Waals surface area (Å²) < 4.78 is 76.5. The molecule has 18 heavy (non-hydrogen) atoms. The maximum atomic E-state index is 13.6. The van der Waals surface area contributed by atoms with Crippen molar-refractivity contribution in [3.8, 4) is 0 Å². The second-order valence-corrected chi connectivity index (χ2v) is 5.37. The third-order valence-corrected chi connectivity index (χ3v) is 3.98. The van der Waals surface area contributed by atoms with E-state index in [9.17, 15) is 26.3 Å². The summed E-state index contributed by atoms with van der Waals surface area (Å²) in [5.74, 6) is -12.8. The second kappa shape index (κ2) is 3.84. The molecule has 0 N–H and O–H groups in total. The third-order valence-electron chi connectivity index (χ3n) is 2.61. The average molecular weight is 329 g/mol. The van der Waals surface area contributed by atoms with E-state index in [0.717, 1.165) is 0 Å². The van der Waals surface area contributed by atoms with Crippen LogP contribution in [0.4, 0.5) is 26.3 Å². The molecule has 0 bridgehead atoms. The van der Waals surface area contributed by atoms with Crippen LogP contribution in [0.1, 0.15) is 16.5 Å². The number of fused-ring (bicyclic) bond motifs is 1. The molecule has 1 unspecified atom stereocenters. The third kappa shape index (κ3) is 1.42. The van der Waals surface area contributed by atoms with Crippen molar-refractivity contribution in [3.05, 3.63) is 34.4 Å². The molecular formula is C9HCl3F6. The predicted octanol–water partition coefficient (Wildman–Crippen LogP) is 4.80. The maximum absolute atomic E-state index is 13.6. The van der Waals surface area contributed by atoms with Crippen molar-refractivity contribution in [1.82, 2.24) is 0 Å². The molecule has 0 fully saturated rings. The summed E-state index contributed by atoms with van der Waals surface area (Å²) >= 11 is 15.6. The molecule has 0 spiro atoms. The lowest BCUT2D eigenvalue weighted by molar-refractivity contribution is -0.0115. The monoisotopic (exact) mass is 328 g/mol. The van der Waals surface area contributed by atoms with Crippen LogP contribution in [0.15, 0.2) is 0 Å². The van der Waals surface area contributed by atoms with E-state index in [1.807, 2.05) is 0 Å². The Bertz CT molecular complexity index is 542. The molecule has 1 aliphatic carbocycles. The minimum absolute atomic E-state index is 1.27. The highest BCUT2D eigenvalue weighted by Crippen LogP contribution is 2.63. The minimum Gasteiger partial charge on any atom is -0.203 e. The molecule has 0 nitrogen and oxygen atoms in total. The molecule has 0 saturated carbocycles. The molecule has 100 valence electrons. The zero-order chi connectivity index (χ0) is 14.0. The smallest absolute Gasteiger partial charge is 0.203 e. The van der Waals surface area contributed by atoms with Crippen LogP contribution in [0.5, 0.6) is 0 Å². The Balaban J connectivity index is 2.93. The standard InChI is InChI=1S/C9HCl3F6/c10-7-1-2(8(11,12)9(7,17)18)4(14)6(16)5(15)3(1)13/h7H. The quantitative estimate of drug-likeness (QED) is 0.277. The van der Waals surface area contributed by atoms with E-state index in [1.54, 1.807) is 0 Å². The van der Waals surface area contributed by atoms with Crippen molar-refractivity contribution in [2.24, 2.45) is 0 Å². The number of benzene rings is 1. The van der Waals surface area contributed by atoms with Gasteiger partial charge in [0.15, 0.2) is 23.3 Å². The van der Waals surface area contributed by atoms with Crippen LogP contribution in [-0.2, 0) is 4.33 Å². The van der Waals surface area contributed by atoms with Crippen LogP contribution in [0.2, 0.25) is 0 Å². The van der Waals surface area contributed by atoms with Crippen LogP contribution >= 0.6 is 34.8 Å². The second-order valence-electron chi connectivity index (χ2n) is 3.60. The predicted molar refractivity (Wildman–Crippen MR) is 53.2 cm³/mol. The van der Waals surface area contributed by atoms with Crippen molar-refractivity contribution in [2.75, 3.05) is 0 Å². The van der Waals surface area contributed by atoms with Gasteiger partial charge in [0.05, 0.1) is 0 Å². The molecule has 0 saturated heterocycles. The van der Waals surface area contributed by atoms with Gasteiger partial charge in [-0.15, -0.1) is 11.6 Å². The molecule has 0 heterocycles. The summed E-state index contributed by atoms with van der Waals surface area (Å²) in [6, 6.07) is 0. The Morgan fingerprint density at radius 3 is 1.78 bits per heavy atom. The van der Waals surface area contributed by atoms with Gasteiger partial charge >= 0.3 is 5.92 Å². The van der Waals surface area contributed by atoms with Crippen LogP contribution in [0, 0.1) is 23.3 Å². The van der Waals surface area contributed by atoms with Crippen molar-refractivity contribution >= 4 is 34.8 Å². The fourth-order valence-corrected chi connectivity index (χ4v) is 2.77. The lowest BCUT2D eigenvalue weighted by Gasteiger charge is -2.24. The van der Waals surface area contributed by atoms with E-state index in [4.69, 9.17) is 34.8 Å². The maximum Gasteiger partial charge on any atom is 0.304 e. The zero-order valence-corrected chi connectivity index (χ0v) is 10.2. The fourth-order valence-electron chi connectivity index (χ4n) is 1.70. The van der Waals surface area contributed by atoms with Crippen molar-refractivity contribution < 1.29 is 26.3 Å². The largest absolute Gasteiger partial charge is 0.304 e. The van der Waals surface area contributed by atoms with Gasteiger partial charge in [-0.05, 0) is 0 Å². The van der Waals surface area contributed by atoms with Gasteiger partial charge in [0.25, 0.3) is 0 Å². The van der Waals surface area contributed by atoms with E-state index >= 15 is 0 Å². The molecule has 9 heteroatoms. The van der Waals surface area contributed by atoms with E-state index < -0.39 is 50.0 Å². The topological polar surface area (TPSA) is 0 Å². The van der Waals surface area contributed by atoms with Crippen LogP contribution in [0.3, 0.4) is 0 Å². The highest BCUT2D eigenvalue weighted by atomic mass is 35.5. The molecule has 1 atom stereocenters. The fraction of sp³-hybridized carbons (Fsp3) is 0.333. The molecule has 0 aliphatic heterocycles. The minimum atomic E-state index is -4.19. The van der Waals surface area contributed by atoms with E-state index in [0.29, 0.717) is 0 Å². The normalized spacial score (nSPS) is 24.2. The van der Waals surface area contributed by atoms with Crippen molar-refractivity contribution in [1.29, 1.82) is 0 Å². The summed E-state index contributed by atoms with van der Waals surface area (Å²) in [5.41, 5.74) is -2.66. The number of alkyl halides is 5. The van der Waals surface area contributed by atoms with Crippen LogP contribution in [-0.4, -0.2) is 5.92 Å². The Hall–Kier alpha value is -0.330. The summed E-state index contributed by atoms with van der Waals surface area (Å²) in [4.78, 5) is 0. The first-order chi connectivity index (χ1) is 8.05. The number of hydrogen-bond acceptors (Lipinski definition) is 0. The summed E-state index contributed by atoms with van der Waals surface area (Å²) in [7, 11) is 0. The number of hydrogen-bond donors (Lipinski definition) is 0. The molecule has 1 aromatic rings. The molecule has 0 amide bonds. The Kier molecular flexibility index (Phi) is 3.00. The van der Waals surface area contributed by atoms with Gasteiger partial charge in [0, 0.05) is 11.1 Å². The first-order valence-corrected chi connectivity index (χ1v) is 5.50. The Labute approximate surface area is 111 Å². The molecular weight excluding hydrogens is 328 g/mol. The van der Waals surface area contributed by atoms with E-state index in [2.05, 4.69) is 0 Å². The van der Waals surface area contributed by atoms with Crippen molar-refractivity contribution in [2.45, 2.75) is 15.6 Å². The highest BCUT2D eigenvalue weighted by Gasteiger charge is 2.67. The van der Waals surface area contributed by atoms with Gasteiger partial charge in [0.1, 0.15) is 5.38 Å². The average Bonchev–Trinajstić information content (AvgIpc) is 2.41. The number of halogens is 9. The van der Waals surface area contributed by atoms with Crippen LogP contribution in [0.25, 0.3) is 0 Å². The van der Waals surface area contributed by atoms with Gasteiger partial charge < -0.3 is 0 Å². The van der Waals surface area contributed by atoms with E-state index in [-0.39, 0.29) is 0 Å².